The van der Waals surface area contributed by atoms with Gasteiger partial charge in [-0.1, -0.05) is 61.5 Å². The summed E-state index contributed by atoms with van der Waals surface area (Å²) in [5, 5.41) is 7.45. The Hall–Kier alpha value is -2.62. The summed E-state index contributed by atoms with van der Waals surface area (Å²) in [6.45, 7) is 6.39. The van der Waals surface area contributed by atoms with E-state index in [4.69, 9.17) is 4.52 Å². The van der Waals surface area contributed by atoms with Crippen molar-refractivity contribution in [3.8, 4) is 11.4 Å². The van der Waals surface area contributed by atoms with Gasteiger partial charge in [-0.2, -0.15) is 4.98 Å². The fourth-order valence-corrected chi connectivity index (χ4v) is 2.39. The normalized spacial score (nSPS) is 12.3. The maximum atomic E-state index is 5.39. The van der Waals surface area contributed by atoms with Crippen LogP contribution in [0, 0.1) is 0 Å². The first-order chi connectivity index (χ1) is 11.1. The Balaban J connectivity index is 1.71. The third-order valence-electron chi connectivity index (χ3n) is 3.80. The molecule has 0 saturated carbocycles. The van der Waals surface area contributed by atoms with Gasteiger partial charge in [0.15, 0.2) is 0 Å². The van der Waals surface area contributed by atoms with Gasteiger partial charge in [-0.3, -0.25) is 0 Å². The molecule has 118 valence electrons. The molecule has 1 unspecified atom stereocenters. The van der Waals surface area contributed by atoms with Crippen molar-refractivity contribution in [3.63, 3.8) is 0 Å². The second kappa shape index (κ2) is 6.65. The topological polar surface area (TPSA) is 51.0 Å². The van der Waals surface area contributed by atoms with Crippen LogP contribution >= 0.6 is 0 Å². The summed E-state index contributed by atoms with van der Waals surface area (Å²) in [6, 6.07) is 18.2. The number of hydrogen-bond acceptors (Lipinski definition) is 4. The van der Waals surface area contributed by atoms with Crippen LogP contribution in [0.2, 0.25) is 0 Å². The lowest BCUT2D eigenvalue weighted by atomic mass is 10.0. The Morgan fingerprint density at radius 1 is 0.913 bits per heavy atom. The van der Waals surface area contributed by atoms with Crippen molar-refractivity contribution in [2.75, 3.05) is 5.32 Å². The van der Waals surface area contributed by atoms with E-state index >= 15 is 0 Å². The number of nitrogens with zero attached hydrogens (tertiary/aromatic N) is 2. The first kappa shape index (κ1) is 15.3. The molecule has 0 aliphatic heterocycles. The minimum absolute atomic E-state index is 0.0511. The second-order valence-corrected chi connectivity index (χ2v) is 5.96. The Labute approximate surface area is 136 Å². The highest BCUT2D eigenvalue weighted by atomic mass is 16.5. The highest BCUT2D eigenvalue weighted by molar-refractivity contribution is 5.54. The van der Waals surface area contributed by atoms with Gasteiger partial charge in [0.1, 0.15) is 6.04 Å². The number of hydrogen-bond donors (Lipinski definition) is 1. The molecule has 0 bridgehead atoms. The summed E-state index contributed by atoms with van der Waals surface area (Å²) in [5.74, 6) is 1.73. The summed E-state index contributed by atoms with van der Waals surface area (Å²) in [5.41, 5.74) is 3.32. The molecule has 4 heteroatoms. The number of benzene rings is 2. The van der Waals surface area contributed by atoms with Crippen LogP contribution in [0.25, 0.3) is 11.4 Å². The van der Waals surface area contributed by atoms with Gasteiger partial charge >= 0.3 is 0 Å². The third kappa shape index (κ3) is 3.59. The van der Waals surface area contributed by atoms with Crippen molar-refractivity contribution in [1.82, 2.24) is 10.1 Å². The van der Waals surface area contributed by atoms with Crippen LogP contribution in [0.1, 0.15) is 44.2 Å². The van der Waals surface area contributed by atoms with Crippen LogP contribution in [-0.2, 0) is 0 Å². The zero-order valence-corrected chi connectivity index (χ0v) is 13.7. The molecule has 1 aromatic heterocycles. The summed E-state index contributed by atoms with van der Waals surface area (Å²) in [7, 11) is 0. The van der Waals surface area contributed by atoms with E-state index in [0.29, 0.717) is 17.6 Å². The molecule has 0 aliphatic carbocycles. The molecule has 1 N–H and O–H groups in total. The fourth-order valence-electron chi connectivity index (χ4n) is 2.39. The van der Waals surface area contributed by atoms with Gasteiger partial charge in [-0.05, 0) is 30.5 Å². The predicted octanol–water partition coefficient (Wildman–Crippen LogP) is 5.03. The van der Waals surface area contributed by atoms with Crippen molar-refractivity contribution in [2.45, 2.75) is 32.7 Å². The van der Waals surface area contributed by atoms with Gasteiger partial charge in [-0.25, -0.2) is 0 Å². The average molecular weight is 307 g/mol. The molecule has 0 aliphatic rings. The first-order valence-corrected chi connectivity index (χ1v) is 7.89. The molecule has 0 radical (unpaired) electrons. The van der Waals surface area contributed by atoms with E-state index in [2.05, 4.69) is 53.6 Å². The number of aromatic nitrogens is 2. The SMILES string of the molecule is CC(C)c1ccc(NC(C)c2nc(-c3ccccc3)no2)cc1. The Bertz CT molecular complexity index is 748. The molecule has 3 rings (SSSR count). The maximum absolute atomic E-state index is 5.39. The molecule has 0 spiro atoms. The second-order valence-electron chi connectivity index (χ2n) is 5.96. The summed E-state index contributed by atoms with van der Waals surface area (Å²) in [4.78, 5) is 4.48. The molecule has 2 aromatic carbocycles. The van der Waals surface area contributed by atoms with Crippen molar-refractivity contribution in [2.24, 2.45) is 0 Å². The molecule has 4 nitrogen and oxygen atoms in total. The first-order valence-electron chi connectivity index (χ1n) is 7.89. The largest absolute Gasteiger partial charge is 0.374 e. The van der Waals surface area contributed by atoms with Crippen LogP contribution in [0.4, 0.5) is 5.69 Å². The highest BCUT2D eigenvalue weighted by Crippen LogP contribution is 2.23. The molecule has 23 heavy (non-hydrogen) atoms. The highest BCUT2D eigenvalue weighted by Gasteiger charge is 2.15. The predicted molar refractivity (Wildman–Crippen MR) is 92.3 cm³/mol. The number of nitrogens with one attached hydrogen (secondary N) is 1. The van der Waals surface area contributed by atoms with Crippen LogP contribution in [0.5, 0.6) is 0 Å². The smallest absolute Gasteiger partial charge is 0.249 e. The fraction of sp³-hybridized carbons (Fsp3) is 0.263. The minimum Gasteiger partial charge on any atom is -0.374 e. The molecule has 1 atom stereocenters. The van der Waals surface area contributed by atoms with E-state index in [0.717, 1.165) is 11.3 Å². The van der Waals surface area contributed by atoms with Gasteiger partial charge < -0.3 is 9.84 Å². The zero-order chi connectivity index (χ0) is 16.2. The van der Waals surface area contributed by atoms with E-state index in [-0.39, 0.29) is 6.04 Å². The number of anilines is 1. The van der Waals surface area contributed by atoms with E-state index in [1.54, 1.807) is 0 Å². The zero-order valence-electron chi connectivity index (χ0n) is 13.7. The standard InChI is InChI=1S/C19H21N3O/c1-13(2)15-9-11-17(12-10-15)20-14(3)19-21-18(22-23-19)16-7-5-4-6-8-16/h4-14,20H,1-3H3. The van der Waals surface area contributed by atoms with Crippen molar-refractivity contribution < 1.29 is 4.52 Å². The molecule has 1 heterocycles. The van der Waals surface area contributed by atoms with Crippen LogP contribution in [0.3, 0.4) is 0 Å². The van der Waals surface area contributed by atoms with Gasteiger partial charge in [-0.15, -0.1) is 0 Å². The van der Waals surface area contributed by atoms with Gasteiger partial charge in [0.05, 0.1) is 0 Å². The minimum atomic E-state index is -0.0511. The quantitative estimate of drug-likeness (QED) is 0.718. The van der Waals surface area contributed by atoms with Crippen LogP contribution in [0.15, 0.2) is 59.1 Å². The molecule has 3 aromatic rings. The van der Waals surface area contributed by atoms with E-state index < -0.39 is 0 Å². The maximum Gasteiger partial charge on any atom is 0.249 e. The van der Waals surface area contributed by atoms with Gasteiger partial charge in [0, 0.05) is 11.3 Å². The van der Waals surface area contributed by atoms with E-state index in [1.165, 1.54) is 5.56 Å². The summed E-state index contributed by atoms with van der Waals surface area (Å²) in [6.07, 6.45) is 0. The van der Waals surface area contributed by atoms with Crippen molar-refractivity contribution in [3.05, 3.63) is 66.1 Å². The van der Waals surface area contributed by atoms with Crippen LogP contribution in [-0.4, -0.2) is 10.1 Å². The van der Waals surface area contributed by atoms with Crippen LogP contribution < -0.4 is 5.32 Å². The summed E-state index contributed by atoms with van der Waals surface area (Å²) >= 11 is 0. The molecular weight excluding hydrogens is 286 g/mol. The third-order valence-corrected chi connectivity index (χ3v) is 3.80. The lowest BCUT2D eigenvalue weighted by Crippen LogP contribution is -2.07. The average Bonchev–Trinajstić information content (AvgIpc) is 3.06. The van der Waals surface area contributed by atoms with E-state index in [9.17, 15) is 0 Å². The Morgan fingerprint density at radius 3 is 2.26 bits per heavy atom. The monoisotopic (exact) mass is 307 g/mol. The van der Waals surface area contributed by atoms with Crippen molar-refractivity contribution in [1.29, 1.82) is 0 Å². The lowest BCUT2D eigenvalue weighted by Gasteiger charge is -2.12. The van der Waals surface area contributed by atoms with Gasteiger partial charge in [0.25, 0.3) is 0 Å². The molecule has 0 fully saturated rings. The van der Waals surface area contributed by atoms with Gasteiger partial charge in [0.2, 0.25) is 11.7 Å². The summed E-state index contributed by atoms with van der Waals surface area (Å²) < 4.78 is 5.39. The molecule has 0 saturated heterocycles. The van der Waals surface area contributed by atoms with Crippen molar-refractivity contribution >= 4 is 5.69 Å². The molecule has 0 amide bonds. The number of rotatable bonds is 5. The molecular formula is C19H21N3O. The Morgan fingerprint density at radius 2 is 1.61 bits per heavy atom. The lowest BCUT2D eigenvalue weighted by molar-refractivity contribution is 0.368. The Kier molecular flexibility index (Phi) is 4.42. The van der Waals surface area contributed by atoms with E-state index in [1.807, 2.05) is 37.3 Å².